The van der Waals surface area contributed by atoms with E-state index in [1.54, 1.807) is 30.6 Å². The largest absolute Gasteiger partial charge is 0.379 e. The maximum Gasteiger partial charge on any atom is 0.295 e. The van der Waals surface area contributed by atoms with Crippen molar-refractivity contribution in [3.05, 3.63) is 105 Å². The second kappa shape index (κ2) is 10.4. The number of aryl methyl sites for hydroxylation is 1. The van der Waals surface area contributed by atoms with Gasteiger partial charge in [0.2, 0.25) is 0 Å². The second-order valence-corrected chi connectivity index (χ2v) is 9.06. The molecule has 2 aromatic heterocycles. The highest BCUT2D eigenvalue weighted by Crippen LogP contribution is 2.39. The lowest BCUT2D eigenvalue weighted by molar-refractivity contribution is 0.565. The summed E-state index contributed by atoms with van der Waals surface area (Å²) in [7, 11) is 0. The first-order valence-electron chi connectivity index (χ1n) is 9.90. The van der Waals surface area contributed by atoms with Crippen LogP contribution in [0, 0.1) is 25.1 Å². The van der Waals surface area contributed by atoms with E-state index in [4.69, 9.17) is 29.8 Å². The third-order valence-electron chi connectivity index (χ3n) is 4.93. The lowest BCUT2D eigenvalue weighted by Gasteiger charge is -2.13. The van der Waals surface area contributed by atoms with E-state index in [1.165, 1.54) is 12.1 Å². The van der Waals surface area contributed by atoms with Crippen molar-refractivity contribution in [2.24, 2.45) is 0 Å². The van der Waals surface area contributed by atoms with E-state index < -0.39 is 17.7 Å². The summed E-state index contributed by atoms with van der Waals surface area (Å²) in [5, 5.41) is 12.4. The van der Waals surface area contributed by atoms with Crippen molar-refractivity contribution in [1.82, 2.24) is 20.2 Å². The summed E-state index contributed by atoms with van der Waals surface area (Å²) in [6, 6.07) is 9.02. The number of imidazole rings is 1. The maximum absolute atomic E-state index is 13.9. The first-order chi connectivity index (χ1) is 16.4. The Balaban J connectivity index is 1.53. The van der Waals surface area contributed by atoms with E-state index in [0.717, 1.165) is 29.2 Å². The molecule has 2 aromatic carbocycles. The first kappa shape index (κ1) is 24.0. The molecule has 0 aliphatic carbocycles. The van der Waals surface area contributed by atoms with Crippen molar-refractivity contribution in [1.29, 1.82) is 0 Å². The zero-order valence-electron chi connectivity index (χ0n) is 17.6. The quantitative estimate of drug-likeness (QED) is 0.262. The molecule has 0 amide bonds. The lowest BCUT2D eigenvalue weighted by Crippen LogP contribution is -2.05. The highest BCUT2D eigenvalue weighted by molar-refractivity contribution is 7.99. The molecule has 4 rings (SSSR count). The molecule has 0 aliphatic rings. The molecule has 1 atom stereocenters. The van der Waals surface area contributed by atoms with Gasteiger partial charge in [-0.05, 0) is 43.3 Å². The Morgan fingerprint density at radius 3 is 2.47 bits per heavy atom. The molecule has 4 aromatic rings. The summed E-state index contributed by atoms with van der Waals surface area (Å²) in [5.74, 6) is -1.35. The van der Waals surface area contributed by atoms with E-state index in [1.807, 2.05) is 6.92 Å². The van der Waals surface area contributed by atoms with Gasteiger partial charge in [0.05, 0.1) is 34.2 Å². The fourth-order valence-electron chi connectivity index (χ4n) is 3.18. The molecule has 0 fully saturated rings. The van der Waals surface area contributed by atoms with Crippen molar-refractivity contribution in [3.8, 4) is 0 Å². The number of rotatable bonds is 7. The number of aromatic amines is 1. The van der Waals surface area contributed by atoms with Gasteiger partial charge in [-0.1, -0.05) is 35.0 Å². The van der Waals surface area contributed by atoms with Crippen LogP contribution in [0.5, 0.6) is 0 Å². The Morgan fingerprint density at radius 1 is 1.12 bits per heavy atom. The van der Waals surface area contributed by atoms with Crippen LogP contribution in [0.4, 0.5) is 14.5 Å². The summed E-state index contributed by atoms with van der Waals surface area (Å²) in [4.78, 5) is 11.1. The van der Waals surface area contributed by atoms with Crippen LogP contribution in [0.2, 0.25) is 10.0 Å². The van der Waals surface area contributed by atoms with Gasteiger partial charge in [-0.15, -0.1) is 10.2 Å². The average molecular weight is 517 g/mol. The number of nitrogens with one attached hydrogen (secondary N) is 2. The topological polar surface area (TPSA) is 70.8 Å². The van der Waals surface area contributed by atoms with Gasteiger partial charge in [0.25, 0.3) is 6.04 Å². The summed E-state index contributed by atoms with van der Waals surface area (Å²) < 4.78 is 27.0. The molecule has 2 N–H and O–H groups in total. The zero-order chi connectivity index (χ0) is 24.2. The molecule has 34 heavy (non-hydrogen) atoms. The van der Waals surface area contributed by atoms with Crippen molar-refractivity contribution in [2.75, 3.05) is 5.32 Å². The summed E-state index contributed by atoms with van der Waals surface area (Å²) in [6.45, 7) is 10.1. The molecular weight excluding hydrogens is 501 g/mol. The Morgan fingerprint density at radius 2 is 1.88 bits per heavy atom. The number of aromatic nitrogens is 4. The van der Waals surface area contributed by atoms with Gasteiger partial charge in [-0.25, -0.2) is 20.3 Å². The minimum atomic E-state index is -0.878. The monoisotopic (exact) mass is 516 g/mol. The maximum atomic E-state index is 13.9. The number of nitrogens with zero attached hydrogens (tertiary/aromatic N) is 4. The Bertz CT molecular complexity index is 1350. The highest BCUT2D eigenvalue weighted by Gasteiger charge is 2.27. The van der Waals surface area contributed by atoms with E-state index in [-0.39, 0.29) is 4.90 Å². The van der Waals surface area contributed by atoms with Crippen LogP contribution in [0.25, 0.3) is 4.85 Å². The third-order valence-corrected chi connectivity index (χ3v) is 6.53. The van der Waals surface area contributed by atoms with E-state index >= 15 is 0 Å². The van der Waals surface area contributed by atoms with Crippen LogP contribution in [0.15, 0.2) is 58.7 Å². The third kappa shape index (κ3) is 5.30. The molecule has 1 unspecified atom stereocenters. The lowest BCUT2D eigenvalue weighted by atomic mass is 10.0. The molecule has 0 aliphatic heterocycles. The minimum absolute atomic E-state index is 0.212. The molecule has 0 saturated heterocycles. The van der Waals surface area contributed by atoms with Crippen molar-refractivity contribution >= 4 is 40.7 Å². The number of benzene rings is 2. The molecule has 2 heterocycles. The zero-order valence-corrected chi connectivity index (χ0v) is 19.9. The predicted molar refractivity (Wildman–Crippen MR) is 128 cm³/mol. The minimum Gasteiger partial charge on any atom is -0.379 e. The van der Waals surface area contributed by atoms with Gasteiger partial charge in [-0.3, -0.25) is 0 Å². The average Bonchev–Trinajstić information content (AvgIpc) is 3.22. The second-order valence-electron chi connectivity index (χ2n) is 7.19. The van der Waals surface area contributed by atoms with Gasteiger partial charge < -0.3 is 15.1 Å². The molecule has 11 heteroatoms. The molecule has 6 nitrogen and oxygen atoms in total. The first-order valence-corrected chi connectivity index (χ1v) is 11.5. The number of halogens is 4. The van der Waals surface area contributed by atoms with Crippen LogP contribution < -0.4 is 5.32 Å². The van der Waals surface area contributed by atoms with Crippen molar-refractivity contribution < 1.29 is 8.78 Å². The van der Waals surface area contributed by atoms with E-state index in [0.29, 0.717) is 38.6 Å². The van der Waals surface area contributed by atoms with Gasteiger partial charge >= 0.3 is 0 Å². The Hall–Kier alpha value is -3.19. The van der Waals surface area contributed by atoms with Crippen LogP contribution in [0.1, 0.15) is 28.7 Å². The normalized spacial score (nSPS) is 11.8. The summed E-state index contributed by atoms with van der Waals surface area (Å²) in [5.41, 5.74) is 3.26. The van der Waals surface area contributed by atoms with E-state index in [9.17, 15) is 8.78 Å². The molecule has 0 saturated carbocycles. The highest BCUT2D eigenvalue weighted by atomic mass is 35.5. The molecule has 0 bridgehead atoms. The SMILES string of the molecule is [C-]#[N+]C(c1ccc(Sc2ccc(F)cc2F)nn1)c1c(Cl)cc(NCc2nc[nH]c2C)cc1Cl. The van der Waals surface area contributed by atoms with Crippen LogP contribution in [0.3, 0.4) is 0 Å². The Kier molecular flexibility index (Phi) is 7.32. The van der Waals surface area contributed by atoms with Gasteiger partial charge in [0, 0.05) is 22.3 Å². The molecule has 0 radical (unpaired) electrons. The van der Waals surface area contributed by atoms with E-state index in [2.05, 4.69) is 30.3 Å². The molecule has 172 valence electrons. The number of H-pyrrole nitrogens is 1. The van der Waals surface area contributed by atoms with Crippen LogP contribution >= 0.6 is 35.0 Å². The van der Waals surface area contributed by atoms with Gasteiger partial charge in [0.15, 0.2) is 0 Å². The van der Waals surface area contributed by atoms with Crippen molar-refractivity contribution in [3.63, 3.8) is 0 Å². The summed E-state index contributed by atoms with van der Waals surface area (Å²) >= 11 is 14.0. The standard InChI is InChI=1S/C23H16Cl2F2N6S/c1-12-19(31-11-30-12)10-29-14-8-15(24)22(16(25)9-14)23(28-2)18-4-6-21(33-32-18)34-20-5-3-13(26)7-17(20)27/h3-9,11,23,29H,10H2,1H3,(H,30,31). The number of anilines is 1. The smallest absolute Gasteiger partial charge is 0.295 e. The van der Waals surface area contributed by atoms with Gasteiger partial charge in [-0.2, -0.15) is 0 Å². The van der Waals surface area contributed by atoms with Crippen molar-refractivity contribution in [2.45, 2.75) is 29.4 Å². The fourth-order valence-corrected chi connectivity index (χ4v) is 4.61. The Labute approximate surface area is 208 Å². The number of hydrogen-bond acceptors (Lipinski definition) is 5. The van der Waals surface area contributed by atoms with Crippen LogP contribution in [-0.2, 0) is 6.54 Å². The molecule has 0 spiro atoms. The fraction of sp³-hybridized carbons (Fsp3) is 0.130. The number of hydrogen-bond donors (Lipinski definition) is 2. The van der Waals surface area contributed by atoms with Gasteiger partial charge in [0.1, 0.15) is 22.4 Å². The van der Waals surface area contributed by atoms with Crippen LogP contribution in [-0.4, -0.2) is 20.2 Å². The predicted octanol–water partition coefficient (Wildman–Crippen LogP) is 6.87. The summed E-state index contributed by atoms with van der Waals surface area (Å²) in [6.07, 6.45) is 1.62. The molecular formula is C23H16Cl2F2N6S.